The van der Waals surface area contributed by atoms with Crippen molar-refractivity contribution in [2.45, 2.75) is 24.6 Å². The van der Waals surface area contributed by atoms with Crippen LogP contribution in [0.25, 0.3) is 0 Å². The monoisotopic (exact) mass is 337 g/mol. The number of esters is 1. The Labute approximate surface area is 136 Å². The van der Waals surface area contributed by atoms with Crippen LogP contribution >= 0.6 is 23.1 Å². The Morgan fingerprint density at radius 2 is 2.18 bits per heavy atom. The summed E-state index contributed by atoms with van der Waals surface area (Å²) in [6, 6.07) is 6.40. The van der Waals surface area contributed by atoms with Crippen LogP contribution in [-0.2, 0) is 4.79 Å². The van der Waals surface area contributed by atoms with Crippen molar-refractivity contribution in [3.63, 3.8) is 0 Å². The van der Waals surface area contributed by atoms with E-state index < -0.39 is 5.97 Å². The molecule has 0 aliphatic heterocycles. The summed E-state index contributed by atoms with van der Waals surface area (Å²) in [5, 5.41) is 11.1. The number of hydrogen-bond donors (Lipinski definition) is 1. The Morgan fingerprint density at radius 1 is 1.36 bits per heavy atom. The molecule has 0 saturated carbocycles. The van der Waals surface area contributed by atoms with Gasteiger partial charge in [-0.3, -0.25) is 14.9 Å². The zero-order valence-corrected chi connectivity index (χ0v) is 13.8. The molecular weight excluding hydrogens is 322 g/mol. The highest BCUT2D eigenvalue weighted by atomic mass is 32.2. The number of ether oxygens (including phenoxy) is 1. The highest BCUT2D eigenvalue weighted by Crippen LogP contribution is 2.26. The van der Waals surface area contributed by atoms with Gasteiger partial charge in [-0.05, 0) is 24.6 Å². The van der Waals surface area contributed by atoms with E-state index in [1.807, 2.05) is 0 Å². The van der Waals surface area contributed by atoms with E-state index in [0.29, 0.717) is 16.4 Å². The summed E-state index contributed by atoms with van der Waals surface area (Å²) >= 11 is 2.94. The normalized spacial score (nSPS) is 10.3. The minimum absolute atomic E-state index is 0.322. The maximum absolute atomic E-state index is 12.2. The van der Waals surface area contributed by atoms with Gasteiger partial charge >= 0.3 is 5.97 Å². The smallest absolute Gasteiger partial charge is 0.308 e. The number of nitrogens with zero attached hydrogens (tertiary/aromatic N) is 2. The highest BCUT2D eigenvalue weighted by molar-refractivity contribution is 8.01. The molecule has 0 spiro atoms. The van der Waals surface area contributed by atoms with Crippen LogP contribution in [0.2, 0.25) is 0 Å². The Hall–Kier alpha value is -1.93. The molecule has 116 valence electrons. The van der Waals surface area contributed by atoms with Gasteiger partial charge in [0.1, 0.15) is 5.75 Å². The topological polar surface area (TPSA) is 81.2 Å². The second-order valence-electron chi connectivity index (χ2n) is 4.30. The first-order valence-corrected chi connectivity index (χ1v) is 8.45. The molecule has 1 heterocycles. The molecule has 0 aliphatic rings. The molecule has 2 aromatic rings. The molecule has 22 heavy (non-hydrogen) atoms. The Morgan fingerprint density at radius 3 is 2.91 bits per heavy atom. The molecular formula is C14H15N3O3S2. The van der Waals surface area contributed by atoms with Crippen molar-refractivity contribution >= 4 is 40.1 Å². The minimum Gasteiger partial charge on any atom is -0.427 e. The van der Waals surface area contributed by atoms with E-state index in [0.717, 1.165) is 16.5 Å². The van der Waals surface area contributed by atoms with Crippen LogP contribution in [0, 0.1) is 0 Å². The Balaban J connectivity index is 2.02. The first kappa shape index (κ1) is 16.4. The minimum atomic E-state index is -0.431. The van der Waals surface area contributed by atoms with Gasteiger partial charge in [0.05, 0.1) is 0 Å². The molecule has 6 nitrogen and oxygen atoms in total. The molecule has 0 atom stereocenters. The van der Waals surface area contributed by atoms with Crippen LogP contribution in [0.1, 0.15) is 30.6 Å². The highest BCUT2D eigenvalue weighted by Gasteiger charge is 2.11. The van der Waals surface area contributed by atoms with Crippen LogP contribution in [0.3, 0.4) is 0 Å². The van der Waals surface area contributed by atoms with Gasteiger partial charge < -0.3 is 4.74 Å². The summed E-state index contributed by atoms with van der Waals surface area (Å²) in [4.78, 5) is 23.1. The quantitative estimate of drug-likeness (QED) is 0.377. The third kappa shape index (κ3) is 4.81. The molecule has 0 unspecified atom stereocenters. The van der Waals surface area contributed by atoms with Crippen molar-refractivity contribution in [3.8, 4) is 5.75 Å². The number of thioether (sulfide) groups is 1. The fourth-order valence-electron chi connectivity index (χ4n) is 1.54. The number of rotatable bonds is 6. The van der Waals surface area contributed by atoms with Crippen LogP contribution in [0.5, 0.6) is 5.75 Å². The summed E-state index contributed by atoms with van der Waals surface area (Å²) in [6.45, 7) is 3.40. The standard InChI is InChI=1S/C14H15N3O3S2/c1-3-7-21-14-17-16-13(22-14)15-12(19)10-5-4-6-11(8-10)20-9(2)18/h4-6,8H,3,7H2,1-2H3,(H,15,16,19). The molecule has 8 heteroatoms. The molecule has 1 aromatic heterocycles. The van der Waals surface area contributed by atoms with Crippen molar-refractivity contribution < 1.29 is 14.3 Å². The van der Waals surface area contributed by atoms with Crippen molar-refractivity contribution in [2.75, 3.05) is 11.1 Å². The van der Waals surface area contributed by atoms with E-state index in [4.69, 9.17) is 4.74 Å². The molecule has 0 aliphatic carbocycles. The average molecular weight is 337 g/mol. The number of hydrogen-bond acceptors (Lipinski definition) is 7. The van der Waals surface area contributed by atoms with Gasteiger partial charge in [0.2, 0.25) is 5.13 Å². The average Bonchev–Trinajstić information content (AvgIpc) is 2.92. The molecule has 1 N–H and O–H groups in total. The lowest BCUT2D eigenvalue weighted by Gasteiger charge is -2.04. The molecule has 0 saturated heterocycles. The Kier molecular flexibility index (Phi) is 5.91. The van der Waals surface area contributed by atoms with E-state index in [1.54, 1.807) is 30.0 Å². The van der Waals surface area contributed by atoms with Crippen LogP contribution < -0.4 is 10.1 Å². The van der Waals surface area contributed by atoms with Crippen molar-refractivity contribution in [1.29, 1.82) is 0 Å². The van der Waals surface area contributed by atoms with Gasteiger partial charge in [-0.1, -0.05) is 36.1 Å². The maximum atomic E-state index is 12.2. The molecule has 1 amide bonds. The van der Waals surface area contributed by atoms with E-state index >= 15 is 0 Å². The molecule has 0 bridgehead atoms. The third-order valence-corrected chi connectivity index (χ3v) is 4.59. The first-order chi connectivity index (χ1) is 10.6. The number of carbonyl (C=O) groups excluding carboxylic acids is 2. The zero-order valence-electron chi connectivity index (χ0n) is 12.2. The van der Waals surface area contributed by atoms with E-state index in [-0.39, 0.29) is 5.91 Å². The van der Waals surface area contributed by atoms with Gasteiger partial charge in [0.25, 0.3) is 5.91 Å². The SMILES string of the molecule is CCCSc1nnc(NC(=O)c2cccc(OC(C)=O)c2)s1. The van der Waals surface area contributed by atoms with Crippen LogP contribution in [0.15, 0.2) is 28.6 Å². The molecule has 1 aromatic carbocycles. The number of amides is 1. The second kappa shape index (κ2) is 7.90. The molecule has 2 rings (SSSR count). The maximum Gasteiger partial charge on any atom is 0.308 e. The number of benzene rings is 1. The summed E-state index contributed by atoms with van der Waals surface area (Å²) in [5.74, 6) is 0.542. The largest absolute Gasteiger partial charge is 0.427 e. The zero-order chi connectivity index (χ0) is 15.9. The lowest BCUT2D eigenvalue weighted by Crippen LogP contribution is -2.12. The number of carbonyl (C=O) groups is 2. The van der Waals surface area contributed by atoms with Gasteiger partial charge in [-0.25, -0.2) is 0 Å². The summed E-state index contributed by atoms with van der Waals surface area (Å²) in [6.07, 6.45) is 1.05. The Bertz CT molecular complexity index is 673. The second-order valence-corrected chi connectivity index (χ2v) is 6.62. The molecule has 0 radical (unpaired) electrons. The summed E-state index contributed by atoms with van der Waals surface area (Å²) in [7, 11) is 0. The van der Waals surface area contributed by atoms with Gasteiger partial charge in [0.15, 0.2) is 4.34 Å². The van der Waals surface area contributed by atoms with Crippen molar-refractivity contribution in [1.82, 2.24) is 10.2 Å². The van der Waals surface area contributed by atoms with E-state index in [1.165, 1.54) is 24.3 Å². The summed E-state index contributed by atoms with van der Waals surface area (Å²) in [5.41, 5.74) is 0.386. The van der Waals surface area contributed by atoms with Gasteiger partial charge in [0, 0.05) is 18.2 Å². The van der Waals surface area contributed by atoms with Crippen LogP contribution in [0.4, 0.5) is 5.13 Å². The fraction of sp³-hybridized carbons (Fsp3) is 0.286. The third-order valence-electron chi connectivity index (χ3n) is 2.41. The van der Waals surface area contributed by atoms with Gasteiger partial charge in [-0.15, -0.1) is 10.2 Å². The number of nitrogens with one attached hydrogen (secondary N) is 1. The van der Waals surface area contributed by atoms with Crippen LogP contribution in [-0.4, -0.2) is 27.8 Å². The summed E-state index contributed by atoms with van der Waals surface area (Å²) < 4.78 is 5.78. The predicted molar refractivity (Wildman–Crippen MR) is 86.6 cm³/mol. The lowest BCUT2D eigenvalue weighted by atomic mass is 10.2. The lowest BCUT2D eigenvalue weighted by molar-refractivity contribution is -0.131. The first-order valence-electron chi connectivity index (χ1n) is 6.64. The van der Waals surface area contributed by atoms with Gasteiger partial charge in [-0.2, -0.15) is 0 Å². The predicted octanol–water partition coefficient (Wildman–Crippen LogP) is 3.22. The number of aromatic nitrogens is 2. The fourth-order valence-corrected chi connectivity index (χ4v) is 3.22. The molecule has 0 fully saturated rings. The van der Waals surface area contributed by atoms with Crippen molar-refractivity contribution in [2.24, 2.45) is 0 Å². The van der Waals surface area contributed by atoms with Crippen molar-refractivity contribution in [3.05, 3.63) is 29.8 Å². The van der Waals surface area contributed by atoms with E-state index in [2.05, 4.69) is 22.4 Å². The van der Waals surface area contributed by atoms with E-state index in [9.17, 15) is 9.59 Å². The number of anilines is 1.